The molecule has 0 heterocycles. The van der Waals surface area contributed by atoms with E-state index in [1.165, 1.54) is 6.07 Å². The van der Waals surface area contributed by atoms with E-state index in [4.69, 9.17) is 16.3 Å². The SMILES string of the molecule is CCCNC1CC(Oc2cccc(Cl)c2F)C1(C)CC. The van der Waals surface area contributed by atoms with Crippen molar-refractivity contribution in [3.05, 3.63) is 29.0 Å². The Morgan fingerprint density at radius 2 is 2.20 bits per heavy atom. The van der Waals surface area contributed by atoms with Gasteiger partial charge in [-0.3, -0.25) is 0 Å². The van der Waals surface area contributed by atoms with Crippen LogP contribution in [-0.4, -0.2) is 18.7 Å². The van der Waals surface area contributed by atoms with Gasteiger partial charge in [-0.25, -0.2) is 4.39 Å². The Hall–Kier alpha value is -0.800. The van der Waals surface area contributed by atoms with Crippen LogP contribution in [0.2, 0.25) is 5.02 Å². The van der Waals surface area contributed by atoms with Gasteiger partial charge in [0.05, 0.1) is 5.02 Å². The summed E-state index contributed by atoms with van der Waals surface area (Å²) >= 11 is 5.79. The fourth-order valence-electron chi connectivity index (χ4n) is 2.84. The van der Waals surface area contributed by atoms with Gasteiger partial charge in [0.15, 0.2) is 11.6 Å². The van der Waals surface area contributed by atoms with E-state index in [9.17, 15) is 4.39 Å². The van der Waals surface area contributed by atoms with Crippen molar-refractivity contribution in [2.45, 2.75) is 52.2 Å². The van der Waals surface area contributed by atoms with Crippen molar-refractivity contribution in [3.8, 4) is 5.75 Å². The Morgan fingerprint density at radius 1 is 1.45 bits per heavy atom. The molecule has 2 rings (SSSR count). The predicted octanol–water partition coefficient (Wildman–Crippen LogP) is 4.41. The molecule has 1 saturated carbocycles. The summed E-state index contributed by atoms with van der Waals surface area (Å²) in [6, 6.07) is 5.34. The van der Waals surface area contributed by atoms with E-state index >= 15 is 0 Å². The Kier molecular flexibility index (Phi) is 4.92. The number of rotatable bonds is 6. The second-order valence-electron chi connectivity index (χ2n) is 5.76. The lowest BCUT2D eigenvalue weighted by atomic mass is 9.61. The molecule has 1 aromatic rings. The van der Waals surface area contributed by atoms with Crippen molar-refractivity contribution in [1.29, 1.82) is 0 Å². The molecule has 1 aliphatic carbocycles. The Balaban J connectivity index is 2.05. The van der Waals surface area contributed by atoms with Crippen molar-refractivity contribution in [3.63, 3.8) is 0 Å². The predicted molar refractivity (Wildman–Crippen MR) is 80.9 cm³/mol. The Bertz CT molecular complexity index is 468. The van der Waals surface area contributed by atoms with Gasteiger partial charge in [0, 0.05) is 17.9 Å². The molecule has 1 aromatic carbocycles. The third-order valence-electron chi connectivity index (χ3n) is 4.57. The van der Waals surface area contributed by atoms with Gasteiger partial charge in [-0.1, -0.05) is 38.4 Å². The first kappa shape index (κ1) is 15.6. The topological polar surface area (TPSA) is 21.3 Å². The number of halogens is 2. The summed E-state index contributed by atoms with van der Waals surface area (Å²) in [5, 5.41) is 3.66. The van der Waals surface area contributed by atoms with Crippen LogP contribution in [0.1, 0.15) is 40.0 Å². The van der Waals surface area contributed by atoms with Crippen LogP contribution in [0.25, 0.3) is 0 Å². The van der Waals surface area contributed by atoms with Gasteiger partial charge in [-0.05, 0) is 31.5 Å². The molecule has 1 fully saturated rings. The van der Waals surface area contributed by atoms with Crippen LogP contribution >= 0.6 is 11.6 Å². The lowest BCUT2D eigenvalue weighted by Crippen LogP contribution is -2.63. The van der Waals surface area contributed by atoms with Crippen LogP contribution < -0.4 is 10.1 Å². The van der Waals surface area contributed by atoms with E-state index in [1.54, 1.807) is 12.1 Å². The summed E-state index contributed by atoms with van der Waals surface area (Å²) < 4.78 is 19.8. The highest BCUT2D eigenvalue weighted by Crippen LogP contribution is 2.46. The van der Waals surface area contributed by atoms with Crippen molar-refractivity contribution < 1.29 is 9.13 Å². The van der Waals surface area contributed by atoms with E-state index in [0.29, 0.717) is 6.04 Å². The average molecular weight is 300 g/mol. The maximum Gasteiger partial charge on any atom is 0.183 e. The number of benzene rings is 1. The molecule has 0 saturated heterocycles. The molecule has 1 N–H and O–H groups in total. The van der Waals surface area contributed by atoms with Gasteiger partial charge in [0.1, 0.15) is 6.10 Å². The zero-order valence-corrected chi connectivity index (χ0v) is 13.1. The second kappa shape index (κ2) is 6.31. The molecule has 1 aliphatic rings. The van der Waals surface area contributed by atoms with Gasteiger partial charge >= 0.3 is 0 Å². The zero-order chi connectivity index (χ0) is 14.8. The summed E-state index contributed by atoms with van der Waals surface area (Å²) in [4.78, 5) is 0. The lowest BCUT2D eigenvalue weighted by molar-refractivity contribution is -0.0716. The normalized spacial score (nSPS) is 29.1. The molecule has 4 heteroatoms. The van der Waals surface area contributed by atoms with E-state index < -0.39 is 5.82 Å². The minimum Gasteiger partial charge on any atom is -0.487 e. The summed E-state index contributed by atoms with van der Waals surface area (Å²) in [5.74, 6) is -0.200. The maximum atomic E-state index is 13.9. The zero-order valence-electron chi connectivity index (χ0n) is 12.4. The largest absolute Gasteiger partial charge is 0.487 e. The van der Waals surface area contributed by atoms with Crippen molar-refractivity contribution >= 4 is 11.6 Å². The minimum atomic E-state index is -0.461. The van der Waals surface area contributed by atoms with Crippen LogP contribution in [0.4, 0.5) is 4.39 Å². The minimum absolute atomic E-state index is 0.0369. The number of nitrogens with one attached hydrogen (secondary N) is 1. The monoisotopic (exact) mass is 299 g/mol. The second-order valence-corrected chi connectivity index (χ2v) is 6.17. The molecule has 0 aliphatic heterocycles. The molecule has 2 nitrogen and oxygen atoms in total. The number of hydrogen-bond donors (Lipinski definition) is 1. The molecule has 0 spiro atoms. The molecule has 112 valence electrons. The first-order valence-electron chi connectivity index (χ1n) is 7.37. The highest BCUT2D eigenvalue weighted by molar-refractivity contribution is 6.30. The summed E-state index contributed by atoms with van der Waals surface area (Å²) in [7, 11) is 0. The van der Waals surface area contributed by atoms with Crippen molar-refractivity contribution in [1.82, 2.24) is 5.32 Å². The van der Waals surface area contributed by atoms with Gasteiger partial charge < -0.3 is 10.1 Å². The van der Waals surface area contributed by atoms with Crippen LogP contribution in [0.15, 0.2) is 18.2 Å². The van der Waals surface area contributed by atoms with Crippen LogP contribution in [-0.2, 0) is 0 Å². The molecule has 0 radical (unpaired) electrons. The molecular weight excluding hydrogens is 277 g/mol. The fourth-order valence-corrected chi connectivity index (χ4v) is 3.00. The van der Waals surface area contributed by atoms with Crippen molar-refractivity contribution in [2.24, 2.45) is 5.41 Å². The smallest absolute Gasteiger partial charge is 0.183 e. The van der Waals surface area contributed by atoms with Gasteiger partial charge in [-0.15, -0.1) is 0 Å². The summed E-state index contributed by atoms with van der Waals surface area (Å²) in [6.45, 7) is 7.53. The highest BCUT2D eigenvalue weighted by atomic mass is 35.5. The van der Waals surface area contributed by atoms with E-state index in [1.807, 2.05) is 0 Å². The van der Waals surface area contributed by atoms with Crippen LogP contribution in [0, 0.1) is 11.2 Å². The summed E-state index contributed by atoms with van der Waals surface area (Å²) in [6.07, 6.45) is 3.07. The maximum absolute atomic E-state index is 13.9. The van der Waals surface area contributed by atoms with Crippen molar-refractivity contribution in [2.75, 3.05) is 6.54 Å². The van der Waals surface area contributed by atoms with Gasteiger partial charge in [0.25, 0.3) is 0 Å². The standard InChI is InChI=1S/C16H23ClFNO/c1-4-9-19-13-10-14(16(13,3)5-2)20-12-8-6-7-11(17)15(12)18/h6-8,13-14,19H,4-5,9-10H2,1-3H3. The van der Waals surface area contributed by atoms with E-state index in [2.05, 4.69) is 26.1 Å². The highest BCUT2D eigenvalue weighted by Gasteiger charge is 2.51. The molecule has 0 bridgehead atoms. The molecular formula is C16H23ClFNO. The first-order valence-corrected chi connectivity index (χ1v) is 7.74. The Labute approximate surface area is 125 Å². The van der Waals surface area contributed by atoms with Crippen LogP contribution in [0.5, 0.6) is 5.75 Å². The average Bonchev–Trinajstić information content (AvgIpc) is 2.45. The number of hydrogen-bond acceptors (Lipinski definition) is 2. The number of ether oxygens (including phenoxy) is 1. The molecule has 3 atom stereocenters. The molecule has 3 unspecified atom stereocenters. The molecule has 0 amide bonds. The quantitative estimate of drug-likeness (QED) is 0.840. The molecule has 20 heavy (non-hydrogen) atoms. The first-order chi connectivity index (χ1) is 9.52. The Morgan fingerprint density at radius 3 is 2.85 bits per heavy atom. The van der Waals surface area contributed by atoms with E-state index in [-0.39, 0.29) is 22.3 Å². The van der Waals surface area contributed by atoms with Gasteiger partial charge in [-0.2, -0.15) is 0 Å². The van der Waals surface area contributed by atoms with E-state index in [0.717, 1.165) is 25.8 Å². The lowest BCUT2D eigenvalue weighted by Gasteiger charge is -2.53. The summed E-state index contributed by atoms with van der Waals surface area (Å²) in [5.41, 5.74) is 0.0456. The third-order valence-corrected chi connectivity index (χ3v) is 4.86. The third kappa shape index (κ3) is 2.79. The van der Waals surface area contributed by atoms with Gasteiger partial charge in [0.2, 0.25) is 0 Å². The molecule has 0 aromatic heterocycles. The van der Waals surface area contributed by atoms with Crippen LogP contribution in [0.3, 0.4) is 0 Å². The fraction of sp³-hybridized carbons (Fsp3) is 0.625.